The molecule has 0 spiro atoms. The zero-order valence-electron chi connectivity index (χ0n) is 10.1. The van der Waals surface area contributed by atoms with Crippen molar-refractivity contribution in [3.05, 3.63) is 65.2 Å². The van der Waals surface area contributed by atoms with E-state index in [0.29, 0.717) is 11.4 Å². The first-order valence-corrected chi connectivity index (χ1v) is 7.10. The number of hydrogen-bond acceptors (Lipinski definition) is 2. The lowest BCUT2D eigenvalue weighted by atomic mass is 10.1. The van der Waals surface area contributed by atoms with Gasteiger partial charge in [0.1, 0.15) is 5.25 Å². The molecule has 0 saturated carbocycles. The first kappa shape index (κ1) is 14.0. The van der Waals surface area contributed by atoms with Crippen LogP contribution in [-0.4, -0.2) is 16.3 Å². The summed E-state index contributed by atoms with van der Waals surface area (Å²) < 4.78 is 0. The van der Waals surface area contributed by atoms with Crippen molar-refractivity contribution >= 4 is 29.3 Å². The van der Waals surface area contributed by atoms with Crippen LogP contribution in [0.4, 0.5) is 0 Å². The Kier molecular flexibility index (Phi) is 4.88. The van der Waals surface area contributed by atoms with E-state index in [0.717, 1.165) is 10.5 Å². The summed E-state index contributed by atoms with van der Waals surface area (Å²) in [5, 5.41) is 9.46. The maximum Gasteiger partial charge on any atom is 0.317 e. The van der Waals surface area contributed by atoms with Crippen LogP contribution in [0.25, 0.3) is 0 Å². The first-order valence-electron chi connectivity index (χ1n) is 5.84. The van der Waals surface area contributed by atoms with Crippen LogP contribution in [-0.2, 0) is 11.2 Å². The van der Waals surface area contributed by atoms with Crippen molar-refractivity contribution in [2.75, 3.05) is 0 Å². The Morgan fingerprint density at radius 1 is 1.11 bits per heavy atom. The second-order valence-corrected chi connectivity index (χ2v) is 5.80. The van der Waals surface area contributed by atoms with Gasteiger partial charge in [-0.2, -0.15) is 0 Å². The number of benzene rings is 2. The highest BCUT2D eigenvalue weighted by Crippen LogP contribution is 2.27. The molecule has 19 heavy (non-hydrogen) atoms. The van der Waals surface area contributed by atoms with Gasteiger partial charge >= 0.3 is 5.97 Å². The lowest BCUT2D eigenvalue weighted by Crippen LogP contribution is -2.19. The SMILES string of the molecule is O=C(O)[C@@H](Cc1ccccc1)Sc1ccc(Cl)cc1. The second-order valence-electron chi connectivity index (χ2n) is 4.09. The normalized spacial score (nSPS) is 12.1. The van der Waals surface area contributed by atoms with E-state index in [1.54, 1.807) is 12.1 Å². The molecular formula is C15H13ClO2S. The third-order valence-corrected chi connectivity index (χ3v) is 4.08. The minimum absolute atomic E-state index is 0.497. The second kappa shape index (κ2) is 6.64. The van der Waals surface area contributed by atoms with Crippen LogP contribution in [0.1, 0.15) is 5.56 Å². The molecule has 2 rings (SSSR count). The topological polar surface area (TPSA) is 37.3 Å². The lowest BCUT2D eigenvalue weighted by molar-refractivity contribution is -0.136. The van der Waals surface area contributed by atoms with E-state index in [1.807, 2.05) is 42.5 Å². The molecule has 0 radical (unpaired) electrons. The molecule has 4 heteroatoms. The lowest BCUT2D eigenvalue weighted by Gasteiger charge is -2.12. The number of thioether (sulfide) groups is 1. The Balaban J connectivity index is 2.08. The summed E-state index contributed by atoms with van der Waals surface area (Å²) in [6.07, 6.45) is 0.503. The third-order valence-electron chi connectivity index (χ3n) is 2.63. The van der Waals surface area contributed by atoms with Crippen molar-refractivity contribution < 1.29 is 9.90 Å². The Morgan fingerprint density at radius 2 is 1.74 bits per heavy atom. The largest absolute Gasteiger partial charge is 0.480 e. The molecule has 0 aliphatic heterocycles. The van der Waals surface area contributed by atoms with Crippen molar-refractivity contribution in [3.63, 3.8) is 0 Å². The maximum atomic E-state index is 11.3. The summed E-state index contributed by atoms with van der Waals surface area (Å²) in [7, 11) is 0. The van der Waals surface area contributed by atoms with Gasteiger partial charge in [0, 0.05) is 9.92 Å². The van der Waals surface area contributed by atoms with Crippen LogP contribution in [0.2, 0.25) is 5.02 Å². The minimum atomic E-state index is -0.802. The van der Waals surface area contributed by atoms with Gasteiger partial charge < -0.3 is 5.11 Å². The number of carboxylic acids is 1. The molecule has 0 amide bonds. The van der Waals surface area contributed by atoms with Crippen molar-refractivity contribution in [2.45, 2.75) is 16.6 Å². The monoisotopic (exact) mass is 292 g/mol. The smallest absolute Gasteiger partial charge is 0.317 e. The molecule has 0 heterocycles. The Hall–Kier alpha value is -1.45. The summed E-state index contributed by atoms with van der Waals surface area (Å²) in [5.41, 5.74) is 1.02. The predicted molar refractivity (Wildman–Crippen MR) is 78.9 cm³/mol. The van der Waals surface area contributed by atoms with E-state index in [9.17, 15) is 9.90 Å². The Bertz CT molecular complexity index is 540. The first-order chi connectivity index (χ1) is 9.15. The highest BCUT2D eigenvalue weighted by atomic mass is 35.5. The number of halogens is 1. The van der Waals surface area contributed by atoms with E-state index >= 15 is 0 Å². The fraction of sp³-hybridized carbons (Fsp3) is 0.133. The third kappa shape index (κ3) is 4.30. The molecule has 0 fully saturated rings. The zero-order valence-corrected chi connectivity index (χ0v) is 11.7. The average Bonchev–Trinajstić information content (AvgIpc) is 2.41. The van der Waals surface area contributed by atoms with Crippen LogP contribution in [0.3, 0.4) is 0 Å². The van der Waals surface area contributed by atoms with Gasteiger partial charge in [-0.1, -0.05) is 41.9 Å². The molecule has 0 aliphatic rings. The van der Waals surface area contributed by atoms with E-state index in [-0.39, 0.29) is 0 Å². The summed E-state index contributed by atoms with van der Waals surface area (Å²) in [5.74, 6) is -0.802. The average molecular weight is 293 g/mol. The van der Waals surface area contributed by atoms with Crippen LogP contribution in [0, 0.1) is 0 Å². The quantitative estimate of drug-likeness (QED) is 0.842. The molecule has 0 saturated heterocycles. The van der Waals surface area contributed by atoms with Gasteiger partial charge in [-0.3, -0.25) is 4.79 Å². The van der Waals surface area contributed by atoms with Gasteiger partial charge in [0.25, 0.3) is 0 Å². The van der Waals surface area contributed by atoms with Crippen molar-refractivity contribution in [3.8, 4) is 0 Å². The molecule has 0 unspecified atom stereocenters. The number of hydrogen-bond donors (Lipinski definition) is 1. The molecule has 2 aromatic rings. The summed E-state index contributed by atoms with van der Waals surface area (Å²) in [6, 6.07) is 16.9. The predicted octanol–water partition coefficient (Wildman–Crippen LogP) is 4.13. The molecule has 0 aliphatic carbocycles. The summed E-state index contributed by atoms with van der Waals surface area (Å²) in [6.45, 7) is 0. The van der Waals surface area contributed by atoms with Crippen molar-refractivity contribution in [1.29, 1.82) is 0 Å². The minimum Gasteiger partial charge on any atom is -0.480 e. The molecule has 2 nitrogen and oxygen atoms in total. The molecule has 2 aromatic carbocycles. The van der Waals surface area contributed by atoms with Gasteiger partial charge in [0.2, 0.25) is 0 Å². The van der Waals surface area contributed by atoms with Crippen molar-refractivity contribution in [1.82, 2.24) is 0 Å². The van der Waals surface area contributed by atoms with Gasteiger partial charge in [-0.25, -0.2) is 0 Å². The van der Waals surface area contributed by atoms with E-state index in [2.05, 4.69) is 0 Å². The van der Waals surface area contributed by atoms with Crippen LogP contribution < -0.4 is 0 Å². The molecule has 1 N–H and O–H groups in total. The molecule has 98 valence electrons. The van der Waals surface area contributed by atoms with Crippen molar-refractivity contribution in [2.24, 2.45) is 0 Å². The van der Waals surface area contributed by atoms with E-state index < -0.39 is 11.2 Å². The van der Waals surface area contributed by atoms with Gasteiger partial charge in [0.15, 0.2) is 0 Å². The standard InChI is InChI=1S/C15H13ClO2S/c16-12-6-8-13(9-7-12)19-14(15(17)18)10-11-4-2-1-3-5-11/h1-9,14H,10H2,(H,17,18)/t14-/m1/s1. The van der Waals surface area contributed by atoms with Gasteiger partial charge in [0.05, 0.1) is 0 Å². The number of aliphatic carboxylic acids is 1. The number of carbonyl (C=O) groups is 1. The molecule has 1 atom stereocenters. The van der Waals surface area contributed by atoms with Gasteiger partial charge in [-0.05, 0) is 36.2 Å². The fourth-order valence-electron chi connectivity index (χ4n) is 1.68. The highest BCUT2D eigenvalue weighted by molar-refractivity contribution is 8.00. The van der Waals surface area contributed by atoms with Crippen LogP contribution in [0.5, 0.6) is 0 Å². The van der Waals surface area contributed by atoms with Crippen LogP contribution >= 0.6 is 23.4 Å². The Morgan fingerprint density at radius 3 is 2.32 bits per heavy atom. The van der Waals surface area contributed by atoms with Crippen LogP contribution in [0.15, 0.2) is 59.5 Å². The number of rotatable bonds is 5. The molecule has 0 aromatic heterocycles. The Labute approximate surface area is 121 Å². The van der Waals surface area contributed by atoms with E-state index in [4.69, 9.17) is 11.6 Å². The summed E-state index contributed by atoms with van der Waals surface area (Å²) in [4.78, 5) is 12.2. The molecule has 0 bridgehead atoms. The highest BCUT2D eigenvalue weighted by Gasteiger charge is 2.19. The fourth-order valence-corrected chi connectivity index (χ4v) is 2.81. The molecular weight excluding hydrogens is 280 g/mol. The number of carboxylic acid groups (broad SMARTS) is 1. The maximum absolute atomic E-state index is 11.3. The van der Waals surface area contributed by atoms with Gasteiger partial charge in [-0.15, -0.1) is 11.8 Å². The summed E-state index contributed by atoms with van der Waals surface area (Å²) >= 11 is 7.16. The van der Waals surface area contributed by atoms with E-state index in [1.165, 1.54) is 11.8 Å². The zero-order chi connectivity index (χ0) is 13.7.